The number of nitrogens with one attached hydrogen (secondary N) is 2. The van der Waals surface area contributed by atoms with Crippen LogP contribution >= 0.6 is 23.2 Å². The quantitative estimate of drug-likeness (QED) is 0.609. The molecule has 0 aromatic heterocycles. The molecule has 1 atom stereocenters. The monoisotopic (exact) mass is 416 g/mol. The molecule has 0 saturated heterocycles. The number of benzene rings is 2. The maximum absolute atomic E-state index is 13.3. The Kier molecular flexibility index (Phi) is 4.80. The lowest BCUT2D eigenvalue weighted by Gasteiger charge is -2.34. The molecule has 0 radical (unpaired) electrons. The highest BCUT2D eigenvalue weighted by atomic mass is 35.5. The molecular formula is C22H22Cl2N2O2. The largest absolute Gasteiger partial charge is 0.495 e. The number of methoxy groups -OCH3 is 1. The number of rotatable bonds is 2. The average molecular weight is 417 g/mol. The van der Waals surface area contributed by atoms with E-state index in [1.807, 2.05) is 30.3 Å². The minimum atomic E-state index is -0.416. The van der Waals surface area contributed by atoms with Crippen molar-refractivity contribution in [3.63, 3.8) is 0 Å². The second kappa shape index (κ2) is 7.02. The Hall–Kier alpha value is -2.17. The molecular weight excluding hydrogens is 395 g/mol. The van der Waals surface area contributed by atoms with Gasteiger partial charge in [-0.15, -0.1) is 0 Å². The molecule has 1 heterocycles. The first-order valence-corrected chi connectivity index (χ1v) is 9.96. The lowest BCUT2D eigenvalue weighted by molar-refractivity contribution is -0.118. The highest BCUT2D eigenvalue weighted by Crippen LogP contribution is 2.48. The lowest BCUT2D eigenvalue weighted by Crippen LogP contribution is -2.31. The van der Waals surface area contributed by atoms with Gasteiger partial charge in [0.05, 0.1) is 29.5 Å². The van der Waals surface area contributed by atoms with Gasteiger partial charge in [-0.05, 0) is 36.1 Å². The zero-order chi connectivity index (χ0) is 20.1. The van der Waals surface area contributed by atoms with Crippen LogP contribution in [0.3, 0.4) is 0 Å². The maximum Gasteiger partial charge on any atom is 0.163 e. The summed E-state index contributed by atoms with van der Waals surface area (Å²) in [6, 6.07) is 11.0. The minimum Gasteiger partial charge on any atom is -0.495 e. The number of ether oxygens (including phenoxy) is 1. The fourth-order valence-electron chi connectivity index (χ4n) is 4.13. The Morgan fingerprint density at radius 2 is 1.82 bits per heavy atom. The van der Waals surface area contributed by atoms with Gasteiger partial charge in [-0.3, -0.25) is 4.79 Å². The van der Waals surface area contributed by atoms with Gasteiger partial charge in [0.2, 0.25) is 0 Å². The van der Waals surface area contributed by atoms with Gasteiger partial charge in [-0.25, -0.2) is 0 Å². The molecule has 2 aliphatic rings. The fraction of sp³-hybridized carbons (Fsp3) is 0.318. The van der Waals surface area contributed by atoms with Gasteiger partial charge in [0.15, 0.2) is 5.78 Å². The van der Waals surface area contributed by atoms with Crippen molar-refractivity contribution in [3.05, 3.63) is 63.3 Å². The molecule has 4 rings (SSSR count). The van der Waals surface area contributed by atoms with E-state index in [-0.39, 0.29) is 11.2 Å². The van der Waals surface area contributed by atoms with Gasteiger partial charge in [-0.2, -0.15) is 0 Å². The number of halogens is 2. The first-order valence-electron chi connectivity index (χ1n) is 9.21. The van der Waals surface area contributed by atoms with E-state index in [1.54, 1.807) is 13.2 Å². The Morgan fingerprint density at radius 3 is 2.54 bits per heavy atom. The molecule has 0 amide bonds. The van der Waals surface area contributed by atoms with Crippen LogP contribution in [0.25, 0.3) is 0 Å². The lowest BCUT2D eigenvalue weighted by atomic mass is 9.73. The first-order chi connectivity index (χ1) is 13.3. The molecule has 2 aromatic carbocycles. The number of fused-ring (bicyclic) bond motifs is 1. The summed E-state index contributed by atoms with van der Waals surface area (Å²) in [5.41, 5.74) is 4.14. The number of hydrogen-bond acceptors (Lipinski definition) is 4. The Balaban J connectivity index is 1.96. The molecule has 1 aliphatic carbocycles. The van der Waals surface area contributed by atoms with Gasteiger partial charge >= 0.3 is 0 Å². The molecule has 0 bridgehead atoms. The standard InChI is InChI=1S/C22H22Cl2N2O2/c1-22(2)10-17-19(18(27)11-22)20(26-16-7-5-4-6-15(16)25-17)13-8-12(23)9-14(24)21(13)28-3/h4-9,20,25-26H,10-11H2,1-3H3/t20-/m1/s1. The number of carbonyl (C=O) groups excluding carboxylic acids is 1. The summed E-state index contributed by atoms with van der Waals surface area (Å²) in [5.74, 6) is 0.634. The number of allylic oxidation sites excluding steroid dienone is 1. The predicted octanol–water partition coefficient (Wildman–Crippen LogP) is 6.22. The van der Waals surface area contributed by atoms with Crippen LogP contribution in [0.15, 0.2) is 47.7 Å². The number of hydrogen-bond donors (Lipinski definition) is 2. The van der Waals surface area contributed by atoms with E-state index in [1.165, 1.54) is 0 Å². The normalized spacial score (nSPS) is 20.5. The third-order valence-corrected chi connectivity index (χ3v) is 5.77. The van der Waals surface area contributed by atoms with Gasteiger partial charge in [0, 0.05) is 28.3 Å². The van der Waals surface area contributed by atoms with E-state index in [0.717, 1.165) is 29.1 Å². The number of anilines is 2. The zero-order valence-electron chi connectivity index (χ0n) is 16.0. The van der Waals surface area contributed by atoms with E-state index < -0.39 is 6.04 Å². The van der Waals surface area contributed by atoms with Crippen molar-refractivity contribution in [2.75, 3.05) is 17.7 Å². The fourth-order valence-corrected chi connectivity index (χ4v) is 4.72. The predicted molar refractivity (Wildman–Crippen MR) is 114 cm³/mol. The third kappa shape index (κ3) is 3.36. The van der Waals surface area contributed by atoms with Gasteiger partial charge < -0.3 is 15.4 Å². The minimum absolute atomic E-state index is 0.108. The van der Waals surface area contributed by atoms with Crippen LogP contribution in [0.1, 0.15) is 38.3 Å². The molecule has 0 fully saturated rings. The van der Waals surface area contributed by atoms with Crippen LogP contribution in [0.2, 0.25) is 10.0 Å². The topological polar surface area (TPSA) is 50.4 Å². The molecule has 28 heavy (non-hydrogen) atoms. The molecule has 1 aliphatic heterocycles. The molecule has 0 saturated carbocycles. The van der Waals surface area contributed by atoms with Crippen molar-refractivity contribution in [1.29, 1.82) is 0 Å². The molecule has 146 valence electrons. The van der Waals surface area contributed by atoms with E-state index in [9.17, 15) is 4.79 Å². The number of Topliss-reactive ketones (excluding diaryl/α,β-unsaturated/α-hetero) is 1. The van der Waals surface area contributed by atoms with Gasteiger partial charge in [0.25, 0.3) is 0 Å². The molecule has 0 spiro atoms. The molecule has 6 heteroatoms. The molecule has 0 unspecified atom stereocenters. The third-order valence-electron chi connectivity index (χ3n) is 5.27. The van der Waals surface area contributed by atoms with E-state index in [0.29, 0.717) is 27.8 Å². The van der Waals surface area contributed by atoms with E-state index >= 15 is 0 Å². The summed E-state index contributed by atoms with van der Waals surface area (Å²) in [4.78, 5) is 13.3. The van der Waals surface area contributed by atoms with E-state index in [4.69, 9.17) is 27.9 Å². The smallest absolute Gasteiger partial charge is 0.163 e. The van der Waals surface area contributed by atoms with Crippen LogP contribution < -0.4 is 15.4 Å². The van der Waals surface area contributed by atoms with Crippen LogP contribution in [0, 0.1) is 5.41 Å². The highest BCUT2D eigenvalue weighted by molar-refractivity contribution is 6.35. The summed E-state index contributed by atoms with van der Waals surface area (Å²) in [6.07, 6.45) is 1.26. The molecule has 4 nitrogen and oxygen atoms in total. The molecule has 2 aromatic rings. The Bertz CT molecular complexity index is 998. The second-order valence-electron chi connectivity index (χ2n) is 8.09. The van der Waals surface area contributed by atoms with Gasteiger partial charge in [0.1, 0.15) is 5.75 Å². The second-order valence-corrected chi connectivity index (χ2v) is 8.93. The van der Waals surface area contributed by atoms with Crippen molar-refractivity contribution in [3.8, 4) is 5.75 Å². The molecule has 2 N–H and O–H groups in total. The first kappa shape index (κ1) is 19.2. The number of ketones is 1. The van der Waals surface area contributed by atoms with Crippen LogP contribution in [0.5, 0.6) is 5.75 Å². The van der Waals surface area contributed by atoms with Gasteiger partial charge in [-0.1, -0.05) is 49.2 Å². The Labute approximate surface area is 174 Å². The summed E-state index contributed by atoms with van der Waals surface area (Å²) < 4.78 is 5.58. The Morgan fingerprint density at radius 1 is 1.11 bits per heavy atom. The van der Waals surface area contributed by atoms with E-state index in [2.05, 4.69) is 24.5 Å². The van der Waals surface area contributed by atoms with Crippen molar-refractivity contribution < 1.29 is 9.53 Å². The van der Waals surface area contributed by atoms with Crippen molar-refractivity contribution in [2.24, 2.45) is 5.41 Å². The summed E-state index contributed by atoms with van der Waals surface area (Å²) in [5, 5.41) is 7.95. The maximum atomic E-state index is 13.3. The summed E-state index contributed by atoms with van der Waals surface area (Å²) in [7, 11) is 1.57. The summed E-state index contributed by atoms with van der Waals surface area (Å²) >= 11 is 12.7. The number of para-hydroxylation sites is 2. The number of carbonyl (C=O) groups is 1. The van der Waals surface area contributed by atoms with Crippen LogP contribution in [-0.4, -0.2) is 12.9 Å². The zero-order valence-corrected chi connectivity index (χ0v) is 17.5. The van der Waals surface area contributed by atoms with Crippen molar-refractivity contribution >= 4 is 40.4 Å². The van der Waals surface area contributed by atoms with Crippen LogP contribution in [-0.2, 0) is 4.79 Å². The van der Waals surface area contributed by atoms with Crippen molar-refractivity contribution in [1.82, 2.24) is 0 Å². The van der Waals surface area contributed by atoms with Crippen LogP contribution in [0.4, 0.5) is 11.4 Å². The average Bonchev–Trinajstić information content (AvgIpc) is 2.76. The highest BCUT2D eigenvalue weighted by Gasteiger charge is 2.39. The summed E-state index contributed by atoms with van der Waals surface area (Å²) in [6.45, 7) is 4.23. The SMILES string of the molecule is COc1c(Cl)cc(Cl)cc1[C@H]1Nc2ccccc2NC2=C1C(=O)CC(C)(C)C2. The van der Waals surface area contributed by atoms with Crippen molar-refractivity contribution in [2.45, 2.75) is 32.7 Å².